The van der Waals surface area contributed by atoms with Crippen LogP contribution in [0.1, 0.15) is 116 Å². The van der Waals surface area contributed by atoms with E-state index in [-0.39, 0.29) is 5.54 Å². The number of nitrogens with zero attached hydrogens (tertiary/aromatic N) is 3. The summed E-state index contributed by atoms with van der Waals surface area (Å²) in [6, 6.07) is 22.4. The number of aryl methyl sites for hydroxylation is 5. The van der Waals surface area contributed by atoms with Crippen LogP contribution in [0.4, 0.5) is 0 Å². The van der Waals surface area contributed by atoms with Gasteiger partial charge in [-0.25, -0.2) is 0 Å². The highest BCUT2D eigenvalue weighted by molar-refractivity contribution is 6.31. The van der Waals surface area contributed by atoms with Gasteiger partial charge in [0.25, 0.3) is 0 Å². The molecule has 1 aliphatic heterocycles. The lowest BCUT2D eigenvalue weighted by Gasteiger charge is -2.29. The van der Waals surface area contributed by atoms with E-state index in [1.807, 2.05) is 12.3 Å². The predicted octanol–water partition coefficient (Wildman–Crippen LogP) is 10.9. The molecule has 0 unspecified atom stereocenters. The summed E-state index contributed by atoms with van der Waals surface area (Å²) in [5.74, 6) is 0. The molecule has 0 aliphatic carbocycles. The molecule has 5 heteroatoms. The molecule has 1 N–H and O–H groups in total. The summed E-state index contributed by atoms with van der Waals surface area (Å²) in [5.41, 5.74) is 13.9. The first-order valence-electron chi connectivity index (χ1n) is 19.5. The van der Waals surface area contributed by atoms with Crippen molar-refractivity contribution in [1.82, 2.24) is 15.2 Å². The van der Waals surface area contributed by atoms with Gasteiger partial charge in [0.05, 0.1) is 5.56 Å². The SMILES string of the molecule is CCC(C)(CC)NCc1cc(Cl)c(CCc2cccc(-c3cccc(CCCCN4CCCCC4)c3C)c2C)cc1CCc1cncc(C#N)c1. The predicted molar refractivity (Wildman–Crippen MR) is 216 cm³/mol. The Kier molecular flexibility index (Phi) is 14.3. The van der Waals surface area contributed by atoms with Crippen molar-refractivity contribution >= 4 is 11.6 Å². The van der Waals surface area contributed by atoms with Crippen molar-refractivity contribution < 1.29 is 0 Å². The number of pyridine rings is 1. The Morgan fingerprint density at radius 2 is 1.41 bits per heavy atom. The fourth-order valence-electron chi connectivity index (χ4n) is 7.67. The molecule has 4 aromatic rings. The van der Waals surface area contributed by atoms with Gasteiger partial charge >= 0.3 is 0 Å². The van der Waals surface area contributed by atoms with E-state index >= 15 is 0 Å². The summed E-state index contributed by atoms with van der Waals surface area (Å²) in [6.45, 7) is 16.0. The maximum Gasteiger partial charge on any atom is 0.101 e. The number of hydrogen-bond donors (Lipinski definition) is 1. The highest BCUT2D eigenvalue weighted by Crippen LogP contribution is 2.32. The van der Waals surface area contributed by atoms with E-state index in [0.29, 0.717) is 5.56 Å². The maximum absolute atomic E-state index is 9.39. The Bertz CT molecular complexity index is 1780. The zero-order chi connectivity index (χ0) is 36.2. The summed E-state index contributed by atoms with van der Waals surface area (Å²) < 4.78 is 0. The van der Waals surface area contributed by atoms with E-state index < -0.39 is 0 Å². The van der Waals surface area contributed by atoms with Crippen LogP contribution in [0.2, 0.25) is 5.02 Å². The summed E-state index contributed by atoms with van der Waals surface area (Å²) in [4.78, 5) is 6.96. The molecule has 1 aliphatic rings. The van der Waals surface area contributed by atoms with Gasteiger partial charge < -0.3 is 10.2 Å². The third-order valence-electron chi connectivity index (χ3n) is 11.7. The van der Waals surface area contributed by atoms with E-state index in [2.05, 4.69) is 104 Å². The lowest BCUT2D eigenvalue weighted by Crippen LogP contribution is -2.40. The smallest absolute Gasteiger partial charge is 0.101 e. The lowest BCUT2D eigenvalue weighted by atomic mass is 9.88. The number of nitrogens with one attached hydrogen (secondary N) is 1. The second kappa shape index (κ2) is 18.8. The largest absolute Gasteiger partial charge is 0.307 e. The van der Waals surface area contributed by atoms with Gasteiger partial charge in [0, 0.05) is 29.5 Å². The van der Waals surface area contributed by atoms with Crippen molar-refractivity contribution in [2.75, 3.05) is 19.6 Å². The fourth-order valence-corrected chi connectivity index (χ4v) is 7.95. The van der Waals surface area contributed by atoms with Crippen LogP contribution < -0.4 is 5.32 Å². The van der Waals surface area contributed by atoms with Crippen molar-refractivity contribution in [2.24, 2.45) is 0 Å². The molecule has 4 nitrogen and oxygen atoms in total. The van der Waals surface area contributed by atoms with E-state index in [1.165, 1.54) is 102 Å². The number of likely N-dealkylation sites (tertiary alicyclic amines) is 1. The Balaban J connectivity index is 1.31. The van der Waals surface area contributed by atoms with E-state index in [4.69, 9.17) is 11.6 Å². The molecule has 0 spiro atoms. The molecule has 270 valence electrons. The van der Waals surface area contributed by atoms with Crippen LogP contribution in [0.5, 0.6) is 0 Å². The molecule has 5 rings (SSSR count). The minimum atomic E-state index is 0.0841. The summed E-state index contributed by atoms with van der Waals surface area (Å²) >= 11 is 7.07. The molecule has 0 amide bonds. The van der Waals surface area contributed by atoms with Crippen LogP contribution >= 0.6 is 11.6 Å². The first kappa shape index (κ1) is 38.7. The molecule has 1 fully saturated rings. The van der Waals surface area contributed by atoms with Crippen molar-refractivity contribution in [3.63, 3.8) is 0 Å². The fraction of sp³-hybridized carbons (Fsp3) is 0.478. The zero-order valence-electron chi connectivity index (χ0n) is 31.9. The molecule has 0 atom stereocenters. The molecule has 1 aromatic heterocycles. The molecule has 2 heterocycles. The maximum atomic E-state index is 9.39. The number of unbranched alkanes of at least 4 members (excludes halogenated alkanes) is 1. The Morgan fingerprint density at radius 1 is 0.765 bits per heavy atom. The monoisotopic (exact) mass is 702 g/mol. The van der Waals surface area contributed by atoms with Crippen LogP contribution in [0.3, 0.4) is 0 Å². The zero-order valence-corrected chi connectivity index (χ0v) is 32.6. The molecule has 0 bridgehead atoms. The first-order valence-corrected chi connectivity index (χ1v) is 19.9. The average molecular weight is 703 g/mol. The second-order valence-electron chi connectivity index (χ2n) is 15.1. The quantitative estimate of drug-likeness (QED) is 0.111. The molecule has 3 aromatic carbocycles. The van der Waals surface area contributed by atoms with Crippen molar-refractivity contribution in [3.05, 3.63) is 122 Å². The average Bonchev–Trinajstić information content (AvgIpc) is 3.16. The summed E-state index contributed by atoms with van der Waals surface area (Å²) in [7, 11) is 0. The molecule has 51 heavy (non-hydrogen) atoms. The minimum Gasteiger partial charge on any atom is -0.307 e. The van der Waals surface area contributed by atoms with Gasteiger partial charge in [-0.15, -0.1) is 0 Å². The third kappa shape index (κ3) is 10.5. The van der Waals surface area contributed by atoms with Gasteiger partial charge in [0.15, 0.2) is 0 Å². The van der Waals surface area contributed by atoms with Gasteiger partial charge in [0.1, 0.15) is 6.07 Å². The molecule has 1 saturated heterocycles. The molecular formula is C46H59ClN4. The Labute approximate surface area is 313 Å². The number of aromatic nitrogens is 1. The third-order valence-corrected chi connectivity index (χ3v) is 12.1. The summed E-state index contributed by atoms with van der Waals surface area (Å²) in [6.07, 6.45) is 17.0. The highest BCUT2D eigenvalue weighted by atomic mass is 35.5. The van der Waals surface area contributed by atoms with Gasteiger partial charge in [0.2, 0.25) is 0 Å². The number of piperidine rings is 1. The number of hydrogen-bond acceptors (Lipinski definition) is 4. The van der Waals surface area contributed by atoms with Gasteiger partial charge in [-0.1, -0.05) is 74.3 Å². The number of benzene rings is 3. The Morgan fingerprint density at radius 3 is 2.08 bits per heavy atom. The molecule has 0 radical (unpaired) electrons. The van der Waals surface area contributed by atoms with E-state index in [9.17, 15) is 5.26 Å². The van der Waals surface area contributed by atoms with Crippen molar-refractivity contribution in [2.45, 2.75) is 124 Å². The summed E-state index contributed by atoms with van der Waals surface area (Å²) in [5, 5.41) is 14.1. The standard InChI is InChI=1S/C46H59ClN4/c1-6-46(5,7-2)50-33-42-29-45(47)41(28-40(42)21-20-36-27-37(30-48)32-49-31-36)23-22-39-17-14-19-44(35(39)4)43-18-13-16-38(34(43)3)15-9-12-26-51-24-10-8-11-25-51/h13-14,16-19,27-29,31-32,50H,6-12,15,20-26,33H2,1-5H3. The van der Waals surface area contributed by atoms with Crippen LogP contribution in [-0.2, 0) is 38.6 Å². The van der Waals surface area contributed by atoms with Gasteiger partial charge in [-0.05, 0) is 179 Å². The number of rotatable bonds is 17. The normalized spacial score (nSPS) is 13.7. The van der Waals surface area contributed by atoms with Crippen LogP contribution in [-0.4, -0.2) is 35.1 Å². The lowest BCUT2D eigenvalue weighted by molar-refractivity contribution is 0.225. The molecular weight excluding hydrogens is 644 g/mol. The topological polar surface area (TPSA) is 52.0 Å². The number of nitriles is 1. The van der Waals surface area contributed by atoms with Crippen LogP contribution in [0.15, 0.2) is 67.0 Å². The van der Waals surface area contributed by atoms with Crippen LogP contribution in [0, 0.1) is 25.2 Å². The van der Waals surface area contributed by atoms with Crippen molar-refractivity contribution in [1.29, 1.82) is 5.26 Å². The van der Waals surface area contributed by atoms with Gasteiger partial charge in [-0.3, -0.25) is 4.98 Å². The van der Waals surface area contributed by atoms with E-state index in [0.717, 1.165) is 62.1 Å². The van der Waals surface area contributed by atoms with Crippen molar-refractivity contribution in [3.8, 4) is 17.2 Å². The first-order chi connectivity index (χ1) is 24.7. The number of halogens is 1. The van der Waals surface area contributed by atoms with Crippen LogP contribution in [0.25, 0.3) is 11.1 Å². The van der Waals surface area contributed by atoms with Gasteiger partial charge in [-0.2, -0.15) is 5.26 Å². The second-order valence-corrected chi connectivity index (χ2v) is 15.5. The highest BCUT2D eigenvalue weighted by Gasteiger charge is 2.20. The minimum absolute atomic E-state index is 0.0841. The Hall–Kier alpha value is -3.49. The van der Waals surface area contributed by atoms with E-state index in [1.54, 1.807) is 6.20 Å². The molecule has 0 saturated carbocycles.